The molecule has 0 aromatic heterocycles. The van der Waals surface area contributed by atoms with E-state index in [-0.39, 0.29) is 11.6 Å². The van der Waals surface area contributed by atoms with E-state index in [0.29, 0.717) is 18.7 Å². The van der Waals surface area contributed by atoms with Crippen molar-refractivity contribution in [3.63, 3.8) is 0 Å². The molecule has 0 aliphatic heterocycles. The summed E-state index contributed by atoms with van der Waals surface area (Å²) in [6, 6.07) is 15.8. The number of anilines is 1. The van der Waals surface area contributed by atoms with Gasteiger partial charge in [0.25, 0.3) is 5.91 Å². The van der Waals surface area contributed by atoms with Gasteiger partial charge in [-0.3, -0.25) is 9.52 Å². The van der Waals surface area contributed by atoms with Crippen LogP contribution in [-0.4, -0.2) is 45.7 Å². The van der Waals surface area contributed by atoms with Crippen LogP contribution in [0.5, 0.6) is 5.75 Å². The van der Waals surface area contributed by atoms with Crippen LogP contribution in [0.3, 0.4) is 0 Å². The first kappa shape index (κ1) is 17.8. The molecule has 7 heteroatoms. The van der Waals surface area contributed by atoms with E-state index in [2.05, 4.69) is 4.72 Å². The van der Waals surface area contributed by atoms with Crippen LogP contribution in [-0.2, 0) is 10.0 Å². The molecule has 0 atom stereocenters. The van der Waals surface area contributed by atoms with Crippen molar-refractivity contribution in [3.8, 4) is 5.75 Å². The summed E-state index contributed by atoms with van der Waals surface area (Å²) in [7, 11) is -1.81. The molecule has 0 fully saturated rings. The Morgan fingerprint density at radius 1 is 1.08 bits per heavy atom. The molecule has 6 nitrogen and oxygen atoms in total. The lowest BCUT2D eigenvalue weighted by Gasteiger charge is -2.19. The molecular weight excluding hydrogens is 328 g/mol. The minimum absolute atomic E-state index is 0.265. The van der Waals surface area contributed by atoms with Gasteiger partial charge >= 0.3 is 0 Å². The number of hydrogen-bond acceptors (Lipinski definition) is 4. The van der Waals surface area contributed by atoms with Crippen LogP contribution in [0.15, 0.2) is 54.6 Å². The zero-order valence-corrected chi connectivity index (χ0v) is 14.4. The van der Waals surface area contributed by atoms with Crippen molar-refractivity contribution in [3.05, 3.63) is 60.2 Å². The van der Waals surface area contributed by atoms with Gasteiger partial charge < -0.3 is 9.64 Å². The van der Waals surface area contributed by atoms with Crippen LogP contribution in [0.1, 0.15) is 10.4 Å². The zero-order chi connectivity index (χ0) is 17.6. The summed E-state index contributed by atoms with van der Waals surface area (Å²) in [5, 5.41) is 0. The van der Waals surface area contributed by atoms with Crippen LogP contribution in [0.4, 0.5) is 5.69 Å². The maximum atomic E-state index is 12.5. The second-order valence-corrected chi connectivity index (χ2v) is 7.06. The highest BCUT2D eigenvalue weighted by Crippen LogP contribution is 2.18. The van der Waals surface area contributed by atoms with Crippen LogP contribution < -0.4 is 9.46 Å². The molecule has 2 rings (SSSR count). The third-order valence-corrected chi connectivity index (χ3v) is 3.83. The van der Waals surface area contributed by atoms with Crippen LogP contribution >= 0.6 is 0 Å². The van der Waals surface area contributed by atoms with Gasteiger partial charge in [0.1, 0.15) is 12.4 Å². The summed E-state index contributed by atoms with van der Waals surface area (Å²) in [6.07, 6.45) is 1.05. The van der Waals surface area contributed by atoms with Gasteiger partial charge in [-0.25, -0.2) is 8.42 Å². The summed E-state index contributed by atoms with van der Waals surface area (Å²) in [5.74, 6) is 0.455. The van der Waals surface area contributed by atoms with Gasteiger partial charge in [0.15, 0.2) is 0 Å². The maximum absolute atomic E-state index is 12.5. The minimum Gasteiger partial charge on any atom is -0.492 e. The van der Waals surface area contributed by atoms with Gasteiger partial charge in [-0.2, -0.15) is 0 Å². The number of nitrogens with zero attached hydrogens (tertiary/aromatic N) is 1. The molecule has 128 valence electrons. The van der Waals surface area contributed by atoms with Crippen LogP contribution in [0, 0.1) is 0 Å². The van der Waals surface area contributed by atoms with Crippen molar-refractivity contribution in [2.75, 3.05) is 31.2 Å². The largest absolute Gasteiger partial charge is 0.492 e. The van der Waals surface area contributed by atoms with Crippen molar-refractivity contribution < 1.29 is 17.9 Å². The molecule has 1 N–H and O–H groups in total. The quantitative estimate of drug-likeness (QED) is 0.832. The first-order valence-electron chi connectivity index (χ1n) is 7.37. The van der Waals surface area contributed by atoms with E-state index >= 15 is 0 Å². The predicted octanol–water partition coefficient (Wildman–Crippen LogP) is 2.21. The molecule has 0 spiro atoms. The van der Waals surface area contributed by atoms with E-state index in [1.54, 1.807) is 31.3 Å². The first-order valence-corrected chi connectivity index (χ1v) is 9.26. The molecule has 0 unspecified atom stereocenters. The third kappa shape index (κ3) is 5.27. The molecule has 24 heavy (non-hydrogen) atoms. The molecule has 0 bridgehead atoms. The molecule has 0 aliphatic rings. The molecule has 0 radical (unpaired) electrons. The lowest BCUT2D eigenvalue weighted by atomic mass is 10.1. The number of nitrogens with one attached hydrogen (secondary N) is 1. The molecule has 1 amide bonds. The van der Waals surface area contributed by atoms with Gasteiger partial charge in [0.05, 0.1) is 24.1 Å². The van der Waals surface area contributed by atoms with E-state index in [1.165, 1.54) is 4.90 Å². The third-order valence-electron chi connectivity index (χ3n) is 3.24. The molecule has 0 aliphatic carbocycles. The van der Waals surface area contributed by atoms with Crippen LogP contribution in [0.25, 0.3) is 0 Å². The SMILES string of the molecule is CN(CCOc1ccccc1)C(=O)c1ccccc1NS(C)(=O)=O. The Labute approximate surface area is 142 Å². The second kappa shape index (κ2) is 7.83. The number of ether oxygens (including phenoxy) is 1. The number of carbonyl (C=O) groups is 1. The maximum Gasteiger partial charge on any atom is 0.255 e. The summed E-state index contributed by atoms with van der Waals surface area (Å²) in [6.45, 7) is 0.717. The zero-order valence-electron chi connectivity index (χ0n) is 13.6. The molecule has 0 saturated heterocycles. The average Bonchev–Trinajstić information content (AvgIpc) is 2.54. The Morgan fingerprint density at radius 3 is 2.38 bits per heavy atom. The predicted molar refractivity (Wildman–Crippen MR) is 93.8 cm³/mol. The number of rotatable bonds is 7. The van der Waals surface area contributed by atoms with E-state index in [9.17, 15) is 13.2 Å². The van der Waals surface area contributed by atoms with Gasteiger partial charge in [0.2, 0.25) is 10.0 Å². The van der Waals surface area contributed by atoms with Crippen molar-refractivity contribution in [2.24, 2.45) is 0 Å². The van der Waals surface area contributed by atoms with Gasteiger partial charge in [-0.05, 0) is 24.3 Å². The summed E-state index contributed by atoms with van der Waals surface area (Å²) in [4.78, 5) is 14.0. The Hall–Kier alpha value is -2.54. The normalized spacial score (nSPS) is 10.9. The molecule has 2 aromatic rings. The molecule has 0 saturated carbocycles. The van der Waals surface area contributed by atoms with E-state index < -0.39 is 10.0 Å². The van der Waals surface area contributed by atoms with Crippen molar-refractivity contribution in [2.45, 2.75) is 0 Å². The van der Waals surface area contributed by atoms with Crippen molar-refractivity contribution in [1.82, 2.24) is 4.90 Å². The summed E-state index contributed by atoms with van der Waals surface area (Å²) in [5.41, 5.74) is 0.561. The highest BCUT2D eigenvalue weighted by molar-refractivity contribution is 7.92. The second-order valence-electron chi connectivity index (χ2n) is 5.31. The fourth-order valence-electron chi connectivity index (χ4n) is 2.08. The lowest BCUT2D eigenvalue weighted by molar-refractivity contribution is 0.0775. The lowest BCUT2D eigenvalue weighted by Crippen LogP contribution is -2.31. The van der Waals surface area contributed by atoms with Crippen molar-refractivity contribution >= 4 is 21.6 Å². The van der Waals surface area contributed by atoms with Gasteiger partial charge in [-0.15, -0.1) is 0 Å². The summed E-state index contributed by atoms with van der Waals surface area (Å²) >= 11 is 0. The Kier molecular flexibility index (Phi) is 5.81. The summed E-state index contributed by atoms with van der Waals surface area (Å²) < 4.78 is 30.8. The molecule has 2 aromatic carbocycles. The monoisotopic (exact) mass is 348 g/mol. The Balaban J connectivity index is 2.00. The average molecular weight is 348 g/mol. The first-order chi connectivity index (χ1) is 11.4. The number of carbonyl (C=O) groups excluding carboxylic acids is 1. The topological polar surface area (TPSA) is 75.7 Å². The fourth-order valence-corrected chi connectivity index (χ4v) is 2.66. The number of likely N-dealkylation sites (N-methyl/N-ethyl adjacent to an activating group) is 1. The van der Waals surface area contributed by atoms with E-state index in [0.717, 1.165) is 12.0 Å². The highest BCUT2D eigenvalue weighted by Gasteiger charge is 2.17. The standard InChI is InChI=1S/C17H20N2O4S/c1-19(12-13-23-14-8-4-3-5-9-14)17(20)15-10-6-7-11-16(15)18-24(2,21)22/h3-11,18H,12-13H2,1-2H3. The smallest absolute Gasteiger partial charge is 0.255 e. The number of hydrogen-bond donors (Lipinski definition) is 1. The van der Waals surface area contributed by atoms with Gasteiger partial charge in [-0.1, -0.05) is 30.3 Å². The molecular formula is C17H20N2O4S. The van der Waals surface area contributed by atoms with E-state index in [1.807, 2.05) is 30.3 Å². The number of para-hydroxylation sites is 2. The highest BCUT2D eigenvalue weighted by atomic mass is 32.2. The van der Waals surface area contributed by atoms with Gasteiger partial charge in [0, 0.05) is 7.05 Å². The number of sulfonamides is 1. The van der Waals surface area contributed by atoms with E-state index in [4.69, 9.17) is 4.74 Å². The Bertz CT molecular complexity index is 791. The Morgan fingerprint density at radius 2 is 1.71 bits per heavy atom. The fraction of sp³-hybridized carbons (Fsp3) is 0.235. The van der Waals surface area contributed by atoms with Crippen LogP contribution in [0.2, 0.25) is 0 Å². The number of benzene rings is 2. The molecule has 0 heterocycles. The minimum atomic E-state index is -3.46. The van der Waals surface area contributed by atoms with Crippen molar-refractivity contribution in [1.29, 1.82) is 0 Å². The number of amides is 1.